The fraction of sp³-hybridized carbons (Fsp3) is 0.351. The molecule has 0 fully saturated rings. The Balaban J connectivity index is 0.00000282. The van der Waals surface area contributed by atoms with Gasteiger partial charge in [0.15, 0.2) is 5.60 Å². The smallest absolute Gasteiger partial charge is 0.417 e. The number of ether oxygens (including phenoxy) is 1. The van der Waals surface area contributed by atoms with Crippen LogP contribution in [0, 0.1) is 12.7 Å². The molecule has 1 aliphatic carbocycles. The minimum absolute atomic E-state index is 0.0783. The lowest BCUT2D eigenvalue weighted by Crippen LogP contribution is -2.53. The number of aromatic nitrogens is 1. The standard InChI is InChI=1S/C35H37F4N3O2.C2H6/c1-5-30(41-33(43)34(3,4)44-32-19-15-28(21-40-32)35(37,38)39)23-42(22-25-10-8-6-7-9-11-25)31-18-14-27(20-24(31)2)26-12-16-29(36)17-13-26;1-2/h6-8,10-21,30H,5,9,22-23H2,1-4H3,(H,41,43);1-2H3. The molecule has 2 aromatic carbocycles. The van der Waals surface area contributed by atoms with Crippen LogP contribution >= 0.6 is 0 Å². The number of nitrogens with zero attached hydrogens (tertiary/aromatic N) is 2. The van der Waals surface area contributed by atoms with E-state index in [2.05, 4.69) is 39.5 Å². The first-order chi connectivity index (χ1) is 21.9. The van der Waals surface area contributed by atoms with Gasteiger partial charge in [-0.3, -0.25) is 4.79 Å². The fourth-order valence-corrected chi connectivity index (χ4v) is 4.86. The second-order valence-electron chi connectivity index (χ2n) is 11.3. The summed E-state index contributed by atoms with van der Waals surface area (Å²) in [4.78, 5) is 19.4. The van der Waals surface area contributed by atoms with Crippen molar-refractivity contribution in [3.05, 3.63) is 114 Å². The van der Waals surface area contributed by atoms with Crippen LogP contribution in [0.5, 0.6) is 5.88 Å². The first-order valence-electron chi connectivity index (χ1n) is 15.5. The van der Waals surface area contributed by atoms with E-state index in [0.717, 1.165) is 46.5 Å². The van der Waals surface area contributed by atoms with Gasteiger partial charge in [-0.25, -0.2) is 9.37 Å². The molecular weight excluding hydrogens is 594 g/mol. The molecule has 1 aromatic heterocycles. The van der Waals surface area contributed by atoms with Crippen molar-refractivity contribution < 1.29 is 27.1 Å². The van der Waals surface area contributed by atoms with Crippen molar-refractivity contribution in [1.82, 2.24) is 10.3 Å². The van der Waals surface area contributed by atoms with Crippen LogP contribution in [0.4, 0.5) is 23.2 Å². The van der Waals surface area contributed by atoms with E-state index in [0.29, 0.717) is 25.7 Å². The molecule has 1 atom stereocenters. The summed E-state index contributed by atoms with van der Waals surface area (Å²) in [5.41, 5.74) is 2.76. The predicted molar refractivity (Wildman–Crippen MR) is 177 cm³/mol. The Kier molecular flexibility index (Phi) is 12.7. The molecule has 0 spiro atoms. The zero-order valence-corrected chi connectivity index (χ0v) is 27.3. The number of allylic oxidation sites excluding steroid dienone is 4. The molecular formula is C37H43F4N3O2. The SMILES string of the molecule is CC.CCC(CN(CC1=CCC=CC=C1)c1ccc(-c2ccc(F)cc2)cc1C)NC(=O)C(C)(C)Oc1ccc(C(F)(F)F)cn1. The number of carbonyl (C=O) groups excluding carboxylic acids is 1. The summed E-state index contributed by atoms with van der Waals surface area (Å²) < 4.78 is 58.0. The maximum absolute atomic E-state index is 13.5. The first kappa shape index (κ1) is 36.1. The van der Waals surface area contributed by atoms with Gasteiger partial charge in [-0.15, -0.1) is 0 Å². The Hall–Kier alpha value is -4.40. The Morgan fingerprint density at radius 2 is 1.72 bits per heavy atom. The van der Waals surface area contributed by atoms with E-state index in [1.807, 2.05) is 52.0 Å². The van der Waals surface area contributed by atoms with Crippen LogP contribution in [0.2, 0.25) is 0 Å². The topological polar surface area (TPSA) is 54.5 Å². The zero-order chi connectivity index (χ0) is 33.9. The Labute approximate surface area is 269 Å². The van der Waals surface area contributed by atoms with Crippen molar-refractivity contribution in [3.8, 4) is 17.0 Å². The van der Waals surface area contributed by atoms with E-state index in [-0.39, 0.29) is 17.7 Å². The highest BCUT2D eigenvalue weighted by Gasteiger charge is 2.34. The van der Waals surface area contributed by atoms with Crippen molar-refractivity contribution in [2.45, 2.75) is 72.2 Å². The molecule has 46 heavy (non-hydrogen) atoms. The number of nitrogens with one attached hydrogen (secondary N) is 1. The molecule has 1 aliphatic rings. The number of aryl methyl sites for hydroxylation is 1. The molecule has 1 amide bonds. The summed E-state index contributed by atoms with van der Waals surface area (Å²) in [5.74, 6) is -0.776. The van der Waals surface area contributed by atoms with E-state index in [1.165, 1.54) is 12.1 Å². The highest BCUT2D eigenvalue weighted by atomic mass is 19.4. The zero-order valence-electron chi connectivity index (χ0n) is 27.3. The third kappa shape index (κ3) is 10.1. The van der Waals surface area contributed by atoms with Crippen LogP contribution in [0.1, 0.15) is 58.6 Å². The number of carbonyl (C=O) groups is 1. The Morgan fingerprint density at radius 1 is 1.02 bits per heavy atom. The molecule has 0 saturated carbocycles. The number of benzene rings is 2. The number of hydrogen-bond acceptors (Lipinski definition) is 4. The molecule has 0 aliphatic heterocycles. The van der Waals surface area contributed by atoms with Gasteiger partial charge in [0.1, 0.15) is 5.82 Å². The third-order valence-electron chi connectivity index (χ3n) is 7.40. The molecule has 0 saturated heterocycles. The number of amides is 1. The molecule has 1 unspecified atom stereocenters. The highest BCUT2D eigenvalue weighted by molar-refractivity contribution is 5.85. The van der Waals surface area contributed by atoms with Crippen molar-refractivity contribution in [3.63, 3.8) is 0 Å². The minimum Gasteiger partial charge on any atom is -0.462 e. The first-order valence-corrected chi connectivity index (χ1v) is 15.5. The van der Waals surface area contributed by atoms with Crippen LogP contribution < -0.4 is 15.0 Å². The normalized spacial score (nSPS) is 13.6. The predicted octanol–water partition coefficient (Wildman–Crippen LogP) is 9.24. The van der Waals surface area contributed by atoms with E-state index < -0.39 is 23.2 Å². The average Bonchev–Trinajstić information content (AvgIpc) is 3.30. The number of pyridine rings is 1. The second-order valence-corrected chi connectivity index (χ2v) is 11.3. The molecule has 0 radical (unpaired) electrons. The average molecular weight is 638 g/mol. The molecule has 4 rings (SSSR count). The van der Waals surface area contributed by atoms with E-state index >= 15 is 0 Å². The van der Waals surface area contributed by atoms with Crippen LogP contribution in [0.3, 0.4) is 0 Å². The van der Waals surface area contributed by atoms with Crippen LogP contribution in [-0.2, 0) is 11.0 Å². The van der Waals surface area contributed by atoms with Gasteiger partial charge in [-0.1, -0.05) is 69.4 Å². The number of rotatable bonds is 11. The Bertz CT molecular complexity index is 1530. The van der Waals surface area contributed by atoms with Crippen molar-refractivity contribution in [2.75, 3.05) is 18.0 Å². The van der Waals surface area contributed by atoms with Gasteiger partial charge >= 0.3 is 6.18 Å². The number of anilines is 1. The summed E-state index contributed by atoms with van der Waals surface area (Å²) in [6, 6.07) is 14.2. The minimum atomic E-state index is -4.52. The maximum atomic E-state index is 13.5. The molecule has 1 N–H and O–H groups in total. The van der Waals surface area contributed by atoms with E-state index in [4.69, 9.17) is 4.74 Å². The summed E-state index contributed by atoms with van der Waals surface area (Å²) >= 11 is 0. The van der Waals surface area contributed by atoms with Gasteiger partial charge in [0.05, 0.1) is 5.56 Å². The van der Waals surface area contributed by atoms with Gasteiger partial charge < -0.3 is 15.0 Å². The quantitative estimate of drug-likeness (QED) is 0.213. The maximum Gasteiger partial charge on any atom is 0.417 e. The summed E-state index contributed by atoms with van der Waals surface area (Å²) in [5, 5.41) is 3.08. The molecule has 3 aromatic rings. The van der Waals surface area contributed by atoms with Crippen LogP contribution in [0.15, 0.2) is 96.7 Å². The third-order valence-corrected chi connectivity index (χ3v) is 7.40. The largest absolute Gasteiger partial charge is 0.462 e. The fourth-order valence-electron chi connectivity index (χ4n) is 4.86. The second kappa shape index (κ2) is 16.2. The van der Waals surface area contributed by atoms with Gasteiger partial charge in [0.25, 0.3) is 5.91 Å². The molecule has 5 nitrogen and oxygen atoms in total. The number of hydrogen-bond donors (Lipinski definition) is 1. The highest BCUT2D eigenvalue weighted by Crippen LogP contribution is 2.31. The lowest BCUT2D eigenvalue weighted by atomic mass is 10.0. The molecule has 1 heterocycles. The van der Waals surface area contributed by atoms with Crippen molar-refractivity contribution in [2.24, 2.45) is 0 Å². The lowest BCUT2D eigenvalue weighted by molar-refractivity contribution is -0.138. The Morgan fingerprint density at radius 3 is 2.33 bits per heavy atom. The van der Waals surface area contributed by atoms with Crippen LogP contribution in [-0.4, -0.2) is 35.6 Å². The summed E-state index contributed by atoms with van der Waals surface area (Å²) in [7, 11) is 0. The van der Waals surface area contributed by atoms with E-state index in [9.17, 15) is 22.4 Å². The molecule has 9 heteroatoms. The van der Waals surface area contributed by atoms with Gasteiger partial charge in [0.2, 0.25) is 5.88 Å². The van der Waals surface area contributed by atoms with Gasteiger partial charge in [-0.05, 0) is 86.2 Å². The molecule has 0 bridgehead atoms. The van der Waals surface area contributed by atoms with Crippen LogP contribution in [0.25, 0.3) is 11.1 Å². The van der Waals surface area contributed by atoms with Gasteiger partial charge in [0, 0.05) is 37.1 Å². The molecule has 246 valence electrons. The monoisotopic (exact) mass is 637 g/mol. The van der Waals surface area contributed by atoms with Crippen molar-refractivity contribution in [1.29, 1.82) is 0 Å². The van der Waals surface area contributed by atoms with Crippen molar-refractivity contribution >= 4 is 11.6 Å². The summed E-state index contributed by atoms with van der Waals surface area (Å²) in [6.45, 7) is 12.2. The van der Waals surface area contributed by atoms with Gasteiger partial charge in [-0.2, -0.15) is 13.2 Å². The van der Waals surface area contributed by atoms with E-state index in [1.54, 1.807) is 26.0 Å². The number of alkyl halides is 3. The lowest BCUT2D eigenvalue weighted by Gasteiger charge is -2.33. The number of halogens is 4. The summed E-state index contributed by atoms with van der Waals surface area (Å²) in [6.07, 6.45) is 7.96.